The Balaban J connectivity index is 1.72. The number of carbonyl (C=O) groups is 1. The summed E-state index contributed by atoms with van der Waals surface area (Å²) in [5.74, 6) is 1.18. The van der Waals surface area contributed by atoms with Gasteiger partial charge in [-0.05, 0) is 13.3 Å². The Morgan fingerprint density at radius 1 is 1.29 bits per heavy atom. The maximum absolute atomic E-state index is 12.0. The molecule has 0 N–H and O–H groups in total. The van der Waals surface area contributed by atoms with Crippen LogP contribution in [0.2, 0.25) is 0 Å². The van der Waals surface area contributed by atoms with Crippen LogP contribution in [0.4, 0.5) is 0 Å². The molecule has 0 bridgehead atoms. The van der Waals surface area contributed by atoms with Crippen LogP contribution in [0.5, 0.6) is 0 Å². The lowest BCUT2D eigenvalue weighted by atomic mass is 10.2. The first-order valence-corrected chi connectivity index (χ1v) is 8.73. The fourth-order valence-electron chi connectivity index (χ4n) is 2.26. The van der Waals surface area contributed by atoms with Crippen LogP contribution in [0.3, 0.4) is 0 Å². The highest BCUT2D eigenvalue weighted by molar-refractivity contribution is 7.88. The van der Waals surface area contributed by atoms with Crippen molar-refractivity contribution in [3.8, 4) is 0 Å². The summed E-state index contributed by atoms with van der Waals surface area (Å²) in [5, 5.41) is 3.69. The maximum atomic E-state index is 12.0. The minimum Gasteiger partial charge on any atom is -0.340 e. The first-order chi connectivity index (χ1) is 9.86. The standard InChI is InChI=1S/C12H20N4O4S/c1-10-13-11(20-14-10)4-3-5-12(17)15-6-8-16(9-7-15)21(2,18)19/h3-9H2,1-2H3. The number of aryl methyl sites for hydroxylation is 2. The normalized spacial score (nSPS) is 17.1. The minimum atomic E-state index is -3.16. The van der Waals surface area contributed by atoms with Gasteiger partial charge in [0.1, 0.15) is 0 Å². The molecule has 2 heterocycles. The molecule has 0 aliphatic carbocycles. The largest absolute Gasteiger partial charge is 0.340 e. The van der Waals surface area contributed by atoms with Crippen LogP contribution in [0.15, 0.2) is 4.52 Å². The molecule has 1 fully saturated rings. The number of nitrogens with zero attached hydrogens (tertiary/aromatic N) is 4. The number of piperazine rings is 1. The van der Waals surface area contributed by atoms with Crippen molar-refractivity contribution >= 4 is 15.9 Å². The highest BCUT2D eigenvalue weighted by Gasteiger charge is 2.25. The van der Waals surface area contributed by atoms with Gasteiger partial charge in [-0.25, -0.2) is 8.42 Å². The number of amides is 1. The van der Waals surface area contributed by atoms with Gasteiger partial charge >= 0.3 is 0 Å². The second-order valence-corrected chi connectivity index (χ2v) is 7.11. The van der Waals surface area contributed by atoms with Crippen molar-refractivity contribution in [2.45, 2.75) is 26.2 Å². The molecule has 0 aromatic carbocycles. The van der Waals surface area contributed by atoms with Crippen LogP contribution in [0.25, 0.3) is 0 Å². The summed E-state index contributed by atoms with van der Waals surface area (Å²) in [6.45, 7) is 3.39. The molecule has 2 rings (SSSR count). The number of sulfonamides is 1. The van der Waals surface area contributed by atoms with Crippen molar-refractivity contribution in [3.63, 3.8) is 0 Å². The summed E-state index contributed by atoms with van der Waals surface area (Å²) < 4.78 is 29.2. The molecule has 0 atom stereocenters. The number of hydrogen-bond donors (Lipinski definition) is 0. The van der Waals surface area contributed by atoms with Crippen LogP contribution in [-0.2, 0) is 21.2 Å². The summed E-state index contributed by atoms with van der Waals surface area (Å²) in [4.78, 5) is 17.8. The molecule has 1 amide bonds. The zero-order chi connectivity index (χ0) is 15.5. The summed E-state index contributed by atoms with van der Waals surface area (Å²) in [7, 11) is -3.16. The van der Waals surface area contributed by atoms with E-state index in [9.17, 15) is 13.2 Å². The molecule has 8 nitrogen and oxygen atoms in total. The Hall–Kier alpha value is -1.48. The van der Waals surface area contributed by atoms with E-state index in [-0.39, 0.29) is 5.91 Å². The molecular formula is C12H20N4O4S. The molecule has 0 saturated carbocycles. The Morgan fingerprint density at radius 2 is 1.95 bits per heavy atom. The predicted octanol–water partition coefficient (Wildman–Crippen LogP) is -0.195. The van der Waals surface area contributed by atoms with E-state index < -0.39 is 10.0 Å². The van der Waals surface area contributed by atoms with Gasteiger partial charge in [0.05, 0.1) is 6.26 Å². The zero-order valence-corrected chi connectivity index (χ0v) is 13.1. The van der Waals surface area contributed by atoms with Crippen LogP contribution >= 0.6 is 0 Å². The fourth-order valence-corrected chi connectivity index (χ4v) is 3.09. The summed E-state index contributed by atoms with van der Waals surface area (Å²) >= 11 is 0. The van der Waals surface area contributed by atoms with Gasteiger partial charge in [-0.1, -0.05) is 5.16 Å². The molecular weight excluding hydrogens is 296 g/mol. The summed E-state index contributed by atoms with van der Waals surface area (Å²) in [6, 6.07) is 0. The highest BCUT2D eigenvalue weighted by atomic mass is 32.2. The van der Waals surface area contributed by atoms with E-state index in [1.54, 1.807) is 11.8 Å². The lowest BCUT2D eigenvalue weighted by Gasteiger charge is -2.33. The Morgan fingerprint density at radius 3 is 2.48 bits per heavy atom. The van der Waals surface area contributed by atoms with Gasteiger partial charge < -0.3 is 9.42 Å². The second-order valence-electron chi connectivity index (χ2n) is 5.13. The third kappa shape index (κ3) is 4.50. The summed E-state index contributed by atoms with van der Waals surface area (Å²) in [6.07, 6.45) is 2.82. The lowest BCUT2D eigenvalue weighted by Crippen LogP contribution is -2.50. The topological polar surface area (TPSA) is 96.6 Å². The molecule has 1 aliphatic rings. The molecule has 118 valence electrons. The minimum absolute atomic E-state index is 0.0411. The van der Waals surface area contributed by atoms with Gasteiger partial charge in [-0.3, -0.25) is 4.79 Å². The van der Waals surface area contributed by atoms with Crippen molar-refractivity contribution in [1.82, 2.24) is 19.3 Å². The average molecular weight is 316 g/mol. The van der Waals surface area contributed by atoms with Gasteiger partial charge in [-0.2, -0.15) is 9.29 Å². The molecule has 21 heavy (non-hydrogen) atoms. The van der Waals surface area contributed by atoms with E-state index in [1.165, 1.54) is 10.6 Å². The van der Waals surface area contributed by atoms with Crippen LogP contribution in [0.1, 0.15) is 24.6 Å². The maximum Gasteiger partial charge on any atom is 0.226 e. The van der Waals surface area contributed by atoms with Crippen LogP contribution in [0, 0.1) is 6.92 Å². The van der Waals surface area contributed by atoms with Crippen molar-refractivity contribution in [2.24, 2.45) is 0 Å². The predicted molar refractivity (Wildman–Crippen MR) is 75.0 cm³/mol. The molecule has 9 heteroatoms. The molecule has 1 aliphatic heterocycles. The lowest BCUT2D eigenvalue weighted by molar-refractivity contribution is -0.132. The third-order valence-corrected chi connectivity index (χ3v) is 4.71. The van der Waals surface area contributed by atoms with Crippen molar-refractivity contribution in [1.29, 1.82) is 0 Å². The average Bonchev–Trinajstić information content (AvgIpc) is 2.83. The first kappa shape index (κ1) is 15.9. The smallest absolute Gasteiger partial charge is 0.226 e. The van der Waals surface area contributed by atoms with Gasteiger partial charge in [-0.15, -0.1) is 0 Å². The van der Waals surface area contributed by atoms with Gasteiger partial charge in [0, 0.05) is 39.0 Å². The number of rotatable bonds is 5. The van der Waals surface area contributed by atoms with Crippen LogP contribution < -0.4 is 0 Å². The Labute approximate surface area is 124 Å². The Bertz CT molecular complexity index is 590. The van der Waals surface area contributed by atoms with Gasteiger partial charge in [0.2, 0.25) is 21.8 Å². The van der Waals surface area contributed by atoms with E-state index in [2.05, 4.69) is 10.1 Å². The molecule has 1 aromatic rings. The molecule has 1 aromatic heterocycles. The Kier molecular flexibility index (Phi) is 4.94. The molecule has 1 saturated heterocycles. The molecule has 0 spiro atoms. The SMILES string of the molecule is Cc1noc(CCCC(=O)N2CCN(S(C)(=O)=O)CC2)n1. The zero-order valence-electron chi connectivity index (χ0n) is 12.3. The summed E-state index contributed by atoms with van der Waals surface area (Å²) in [5.41, 5.74) is 0. The van der Waals surface area contributed by atoms with E-state index in [0.717, 1.165) is 0 Å². The van der Waals surface area contributed by atoms with Crippen molar-refractivity contribution < 1.29 is 17.7 Å². The van der Waals surface area contributed by atoms with E-state index in [4.69, 9.17) is 4.52 Å². The van der Waals surface area contributed by atoms with Crippen LogP contribution in [-0.4, -0.2) is 66.1 Å². The second kappa shape index (κ2) is 6.52. The highest BCUT2D eigenvalue weighted by Crippen LogP contribution is 2.09. The van der Waals surface area contributed by atoms with Crippen molar-refractivity contribution in [2.75, 3.05) is 32.4 Å². The first-order valence-electron chi connectivity index (χ1n) is 6.88. The van der Waals surface area contributed by atoms with Gasteiger partial charge in [0.15, 0.2) is 5.82 Å². The number of aromatic nitrogens is 2. The fraction of sp³-hybridized carbons (Fsp3) is 0.750. The van der Waals surface area contributed by atoms with Gasteiger partial charge in [0.25, 0.3) is 0 Å². The van der Waals surface area contributed by atoms with Crippen molar-refractivity contribution in [3.05, 3.63) is 11.7 Å². The third-order valence-electron chi connectivity index (χ3n) is 3.41. The van der Waals surface area contributed by atoms with E-state index in [0.29, 0.717) is 57.2 Å². The quantitative estimate of drug-likeness (QED) is 0.746. The molecule has 0 radical (unpaired) electrons. The van der Waals surface area contributed by atoms with E-state index in [1.807, 2.05) is 0 Å². The number of hydrogen-bond acceptors (Lipinski definition) is 6. The van der Waals surface area contributed by atoms with E-state index >= 15 is 0 Å². The molecule has 0 unspecified atom stereocenters. The monoisotopic (exact) mass is 316 g/mol. The number of carbonyl (C=O) groups excluding carboxylic acids is 1.